The molecule has 0 saturated heterocycles. The number of carbonyl (C=O) groups excluding carboxylic acids is 3. The van der Waals surface area contributed by atoms with Crippen molar-refractivity contribution in [2.24, 2.45) is 0 Å². The van der Waals surface area contributed by atoms with Gasteiger partial charge < -0.3 is 18.9 Å². The SMILES string of the molecule is CCCCCC[C@@H](C)OC(=O)c1ccc(-c2ccc(OC(=O)c3ccc(OCCCCCCOC(C)=O)cc3)cc2)cc1. The number of unbranched alkanes of at least 4 members (excludes halogenated alkanes) is 6. The lowest BCUT2D eigenvalue weighted by atomic mass is 10.0. The van der Waals surface area contributed by atoms with E-state index in [-0.39, 0.29) is 18.0 Å². The first-order valence-electron chi connectivity index (χ1n) is 15.4. The molecule has 0 aromatic heterocycles. The average Bonchev–Trinajstić information content (AvgIpc) is 3.01. The lowest BCUT2D eigenvalue weighted by Crippen LogP contribution is -2.15. The largest absolute Gasteiger partial charge is 0.494 e. The summed E-state index contributed by atoms with van der Waals surface area (Å²) in [5.41, 5.74) is 2.84. The Morgan fingerprint density at radius 2 is 1.16 bits per heavy atom. The van der Waals surface area contributed by atoms with Gasteiger partial charge in [-0.2, -0.15) is 0 Å². The van der Waals surface area contributed by atoms with Crippen LogP contribution in [-0.2, 0) is 14.3 Å². The molecular weight excluding hydrogens is 544 g/mol. The molecule has 0 spiro atoms. The maximum absolute atomic E-state index is 12.6. The third-order valence-electron chi connectivity index (χ3n) is 6.99. The van der Waals surface area contributed by atoms with Gasteiger partial charge in [-0.15, -0.1) is 0 Å². The predicted octanol–water partition coefficient (Wildman–Crippen LogP) is 8.59. The topological polar surface area (TPSA) is 88.1 Å². The number of hydrogen-bond acceptors (Lipinski definition) is 7. The van der Waals surface area contributed by atoms with Crippen molar-refractivity contribution < 1.29 is 33.3 Å². The van der Waals surface area contributed by atoms with Crippen LogP contribution in [0, 0.1) is 0 Å². The summed E-state index contributed by atoms with van der Waals surface area (Å²) in [7, 11) is 0. The lowest BCUT2D eigenvalue weighted by Gasteiger charge is -2.13. The van der Waals surface area contributed by atoms with Crippen LogP contribution in [0.25, 0.3) is 11.1 Å². The van der Waals surface area contributed by atoms with Crippen molar-refractivity contribution in [1.82, 2.24) is 0 Å². The highest BCUT2D eigenvalue weighted by Crippen LogP contribution is 2.24. The van der Waals surface area contributed by atoms with Crippen LogP contribution in [0.3, 0.4) is 0 Å². The van der Waals surface area contributed by atoms with Gasteiger partial charge in [0.05, 0.1) is 30.4 Å². The van der Waals surface area contributed by atoms with Gasteiger partial charge in [-0.25, -0.2) is 9.59 Å². The van der Waals surface area contributed by atoms with Crippen molar-refractivity contribution in [3.8, 4) is 22.6 Å². The maximum atomic E-state index is 12.6. The number of esters is 3. The quantitative estimate of drug-likeness (QED) is 0.0835. The minimum atomic E-state index is -0.450. The first-order valence-corrected chi connectivity index (χ1v) is 15.4. The Hall–Kier alpha value is -4.13. The molecule has 0 unspecified atom stereocenters. The highest BCUT2D eigenvalue weighted by atomic mass is 16.5. The number of benzene rings is 3. The molecule has 3 aromatic rings. The van der Waals surface area contributed by atoms with Gasteiger partial charge in [0.15, 0.2) is 0 Å². The monoisotopic (exact) mass is 588 g/mol. The molecule has 7 nitrogen and oxygen atoms in total. The summed E-state index contributed by atoms with van der Waals surface area (Å²) in [6, 6.07) is 21.5. The summed E-state index contributed by atoms with van der Waals surface area (Å²) in [6.45, 7) is 6.58. The van der Waals surface area contributed by atoms with E-state index in [4.69, 9.17) is 18.9 Å². The Balaban J connectivity index is 1.41. The summed E-state index contributed by atoms with van der Waals surface area (Å²) in [5.74, 6) is 0.133. The summed E-state index contributed by atoms with van der Waals surface area (Å²) in [5, 5.41) is 0. The number of hydrogen-bond donors (Lipinski definition) is 0. The molecule has 230 valence electrons. The Bertz CT molecular complexity index is 1260. The van der Waals surface area contributed by atoms with E-state index in [0.717, 1.165) is 56.1 Å². The van der Waals surface area contributed by atoms with E-state index in [9.17, 15) is 14.4 Å². The Kier molecular flexibility index (Phi) is 14.3. The van der Waals surface area contributed by atoms with E-state index in [1.54, 1.807) is 48.5 Å². The van der Waals surface area contributed by atoms with Crippen LogP contribution in [-0.4, -0.2) is 37.2 Å². The van der Waals surface area contributed by atoms with Crippen molar-refractivity contribution in [2.75, 3.05) is 13.2 Å². The van der Waals surface area contributed by atoms with Crippen LogP contribution in [0.4, 0.5) is 0 Å². The second-order valence-corrected chi connectivity index (χ2v) is 10.7. The number of carbonyl (C=O) groups is 3. The molecule has 0 fully saturated rings. The molecule has 0 N–H and O–H groups in total. The zero-order chi connectivity index (χ0) is 30.9. The van der Waals surface area contributed by atoms with E-state index < -0.39 is 5.97 Å². The predicted molar refractivity (Wildman–Crippen MR) is 168 cm³/mol. The van der Waals surface area contributed by atoms with Gasteiger partial charge in [-0.05, 0) is 105 Å². The second-order valence-electron chi connectivity index (χ2n) is 10.7. The average molecular weight is 589 g/mol. The standard InChI is InChI=1S/C36H44O7/c1-4-5-6-9-12-27(2)42-35(38)31-15-13-29(14-16-31)30-17-23-34(24-18-30)43-36(39)32-19-21-33(22-20-32)41-26-11-8-7-10-25-40-28(3)37/h13-24,27H,4-12,25-26H2,1-3H3/t27-/m1/s1. The van der Waals surface area contributed by atoms with Gasteiger partial charge >= 0.3 is 17.9 Å². The smallest absolute Gasteiger partial charge is 0.343 e. The van der Waals surface area contributed by atoms with Crippen molar-refractivity contribution in [1.29, 1.82) is 0 Å². The summed E-state index contributed by atoms with van der Waals surface area (Å²) < 4.78 is 21.8. The zero-order valence-corrected chi connectivity index (χ0v) is 25.6. The van der Waals surface area contributed by atoms with Gasteiger partial charge in [0.2, 0.25) is 0 Å². The minimum absolute atomic E-state index is 0.0989. The van der Waals surface area contributed by atoms with Gasteiger partial charge in [0, 0.05) is 6.92 Å². The molecule has 0 radical (unpaired) electrons. The van der Waals surface area contributed by atoms with Gasteiger partial charge in [-0.3, -0.25) is 4.79 Å². The minimum Gasteiger partial charge on any atom is -0.494 e. The second kappa shape index (κ2) is 18.4. The van der Waals surface area contributed by atoms with E-state index >= 15 is 0 Å². The summed E-state index contributed by atoms with van der Waals surface area (Å²) >= 11 is 0. The highest BCUT2D eigenvalue weighted by Gasteiger charge is 2.13. The number of rotatable bonds is 18. The molecule has 1 atom stereocenters. The zero-order valence-electron chi connectivity index (χ0n) is 25.6. The summed E-state index contributed by atoms with van der Waals surface area (Å²) in [4.78, 5) is 35.9. The highest BCUT2D eigenvalue weighted by molar-refractivity contribution is 5.91. The molecule has 0 aliphatic rings. The fraction of sp³-hybridized carbons (Fsp3) is 0.417. The first kappa shape index (κ1) is 33.4. The molecule has 0 bridgehead atoms. The molecule has 43 heavy (non-hydrogen) atoms. The third-order valence-corrected chi connectivity index (χ3v) is 6.99. The van der Waals surface area contributed by atoms with E-state index in [2.05, 4.69) is 6.92 Å². The molecule has 0 heterocycles. The fourth-order valence-electron chi connectivity index (χ4n) is 4.50. The van der Waals surface area contributed by atoms with Crippen LogP contribution in [0.2, 0.25) is 0 Å². The van der Waals surface area contributed by atoms with Crippen LogP contribution >= 0.6 is 0 Å². The Labute approximate surface area is 255 Å². The molecular formula is C36H44O7. The normalized spacial score (nSPS) is 11.4. The Morgan fingerprint density at radius 1 is 0.628 bits per heavy atom. The van der Waals surface area contributed by atoms with Gasteiger partial charge in [0.25, 0.3) is 0 Å². The molecule has 0 saturated carbocycles. The van der Waals surface area contributed by atoms with E-state index in [1.165, 1.54) is 19.8 Å². The van der Waals surface area contributed by atoms with Gasteiger partial charge in [-0.1, -0.05) is 50.5 Å². The van der Waals surface area contributed by atoms with E-state index in [1.807, 2.05) is 31.2 Å². The van der Waals surface area contributed by atoms with E-state index in [0.29, 0.717) is 35.8 Å². The van der Waals surface area contributed by atoms with Crippen LogP contribution in [0.5, 0.6) is 11.5 Å². The molecule has 0 aliphatic heterocycles. The van der Waals surface area contributed by atoms with Gasteiger partial charge in [0.1, 0.15) is 11.5 Å². The van der Waals surface area contributed by atoms with Crippen molar-refractivity contribution in [3.63, 3.8) is 0 Å². The summed E-state index contributed by atoms with van der Waals surface area (Å²) in [6.07, 6.45) is 9.12. The van der Waals surface area contributed by atoms with Crippen LogP contribution in [0.15, 0.2) is 72.8 Å². The molecule has 7 heteroatoms. The third kappa shape index (κ3) is 12.3. The lowest BCUT2D eigenvalue weighted by molar-refractivity contribution is -0.141. The molecule has 0 aliphatic carbocycles. The molecule has 3 rings (SSSR count). The number of ether oxygens (including phenoxy) is 4. The Morgan fingerprint density at radius 3 is 1.79 bits per heavy atom. The van der Waals surface area contributed by atoms with Crippen molar-refractivity contribution in [3.05, 3.63) is 83.9 Å². The van der Waals surface area contributed by atoms with Crippen LogP contribution < -0.4 is 9.47 Å². The molecule has 3 aromatic carbocycles. The van der Waals surface area contributed by atoms with Crippen LogP contribution in [0.1, 0.15) is 99.3 Å². The maximum Gasteiger partial charge on any atom is 0.343 e. The first-order chi connectivity index (χ1) is 20.9. The molecule has 0 amide bonds. The van der Waals surface area contributed by atoms with Crippen molar-refractivity contribution >= 4 is 17.9 Å². The fourth-order valence-corrected chi connectivity index (χ4v) is 4.50. The van der Waals surface area contributed by atoms with Crippen molar-refractivity contribution in [2.45, 2.75) is 84.7 Å².